The number of hydrogen-bond donors (Lipinski definition) is 1. The van der Waals surface area contributed by atoms with Crippen LogP contribution in [0.3, 0.4) is 0 Å². The summed E-state index contributed by atoms with van der Waals surface area (Å²) in [5.41, 5.74) is -0.856. The van der Waals surface area contributed by atoms with Crippen LogP contribution in [-0.2, 0) is 6.18 Å². The molecule has 2 heterocycles. The van der Waals surface area contributed by atoms with Gasteiger partial charge in [0, 0.05) is 24.3 Å². The summed E-state index contributed by atoms with van der Waals surface area (Å²) >= 11 is 0. The normalized spacial score (nSPS) is 26.7. The molecule has 2 fully saturated rings. The van der Waals surface area contributed by atoms with Crippen molar-refractivity contribution in [2.75, 3.05) is 18.4 Å². The maximum atomic E-state index is 13.3. The molecular weight excluding hydrogens is 284 g/mol. The smallest absolute Gasteiger partial charge is 0.382 e. The average Bonchev–Trinajstić information content (AvgIpc) is 2.87. The Bertz CT molecular complexity index is 515. The van der Waals surface area contributed by atoms with Gasteiger partial charge in [0.25, 0.3) is 0 Å². The van der Waals surface area contributed by atoms with E-state index in [0.717, 1.165) is 44.5 Å². The summed E-state index contributed by atoms with van der Waals surface area (Å²) in [6.45, 7) is 2.11. The Labute approximate surface area is 121 Å². The third kappa shape index (κ3) is 3.15. The van der Waals surface area contributed by atoms with Gasteiger partial charge in [-0.2, -0.15) is 13.2 Å². The van der Waals surface area contributed by atoms with Crippen molar-refractivity contribution in [3.63, 3.8) is 0 Å². The van der Waals surface area contributed by atoms with Gasteiger partial charge in [0.1, 0.15) is 5.82 Å². The first-order valence-electron chi connectivity index (χ1n) is 7.31. The lowest BCUT2D eigenvalue weighted by atomic mass is 9.97. The van der Waals surface area contributed by atoms with Gasteiger partial charge in [-0.1, -0.05) is 0 Å². The molecule has 2 aliphatic heterocycles. The van der Waals surface area contributed by atoms with Crippen molar-refractivity contribution in [2.45, 2.75) is 43.9 Å². The van der Waals surface area contributed by atoms with E-state index in [4.69, 9.17) is 0 Å². The topological polar surface area (TPSA) is 15.3 Å². The Morgan fingerprint density at radius 2 is 1.95 bits per heavy atom. The minimum atomic E-state index is -4.66. The first-order valence-corrected chi connectivity index (χ1v) is 7.31. The predicted octanol–water partition coefficient (Wildman–Crippen LogP) is 3.88. The number of halogens is 4. The standard InChI is InChI=1S/C15H18F4N2/c16-14-4-3-10(9-13(14)15(17,18)19)20-11-5-7-21-6-1-2-12(21)8-11/h3-4,9,11-12,20H,1-2,5-8H2. The molecule has 2 aliphatic rings. The average molecular weight is 302 g/mol. The van der Waals surface area contributed by atoms with Crippen LogP contribution in [0.15, 0.2) is 18.2 Å². The van der Waals surface area contributed by atoms with E-state index < -0.39 is 17.6 Å². The number of benzene rings is 1. The molecule has 0 radical (unpaired) electrons. The fourth-order valence-corrected chi connectivity index (χ4v) is 3.42. The van der Waals surface area contributed by atoms with Gasteiger partial charge in [0.05, 0.1) is 5.56 Å². The number of anilines is 1. The van der Waals surface area contributed by atoms with Crippen LogP contribution < -0.4 is 5.32 Å². The monoisotopic (exact) mass is 302 g/mol. The second-order valence-corrected chi connectivity index (χ2v) is 5.89. The molecular formula is C15H18F4N2. The Balaban J connectivity index is 1.70. The van der Waals surface area contributed by atoms with E-state index in [-0.39, 0.29) is 6.04 Å². The first-order chi connectivity index (χ1) is 9.93. The molecule has 21 heavy (non-hydrogen) atoms. The van der Waals surface area contributed by atoms with Crippen LogP contribution in [0.2, 0.25) is 0 Å². The number of piperidine rings is 1. The number of fused-ring (bicyclic) bond motifs is 1. The summed E-state index contributed by atoms with van der Waals surface area (Å²) in [6.07, 6.45) is -0.438. The van der Waals surface area contributed by atoms with Gasteiger partial charge in [-0.15, -0.1) is 0 Å². The third-order valence-corrected chi connectivity index (χ3v) is 4.46. The molecule has 2 nitrogen and oxygen atoms in total. The highest BCUT2D eigenvalue weighted by atomic mass is 19.4. The van der Waals surface area contributed by atoms with E-state index >= 15 is 0 Å². The summed E-state index contributed by atoms with van der Waals surface area (Å²) in [7, 11) is 0. The molecule has 116 valence electrons. The van der Waals surface area contributed by atoms with Gasteiger partial charge in [0.15, 0.2) is 0 Å². The van der Waals surface area contributed by atoms with Crippen molar-refractivity contribution in [3.8, 4) is 0 Å². The van der Waals surface area contributed by atoms with Crippen LogP contribution in [0.5, 0.6) is 0 Å². The zero-order chi connectivity index (χ0) is 15.0. The second-order valence-electron chi connectivity index (χ2n) is 5.89. The summed E-state index contributed by atoms with van der Waals surface area (Å²) in [6, 6.07) is 3.84. The van der Waals surface area contributed by atoms with Crippen molar-refractivity contribution >= 4 is 5.69 Å². The largest absolute Gasteiger partial charge is 0.419 e. The minimum Gasteiger partial charge on any atom is -0.382 e. The van der Waals surface area contributed by atoms with Gasteiger partial charge in [-0.25, -0.2) is 4.39 Å². The molecule has 0 spiro atoms. The molecule has 2 saturated heterocycles. The van der Waals surface area contributed by atoms with Crippen molar-refractivity contribution in [1.29, 1.82) is 0 Å². The molecule has 1 aromatic carbocycles. The van der Waals surface area contributed by atoms with Gasteiger partial charge in [-0.3, -0.25) is 0 Å². The number of hydrogen-bond acceptors (Lipinski definition) is 2. The zero-order valence-electron chi connectivity index (χ0n) is 11.6. The van der Waals surface area contributed by atoms with Crippen LogP contribution in [0.25, 0.3) is 0 Å². The summed E-state index contributed by atoms with van der Waals surface area (Å²) in [5.74, 6) is -1.22. The lowest BCUT2D eigenvalue weighted by Gasteiger charge is -2.35. The molecule has 0 bridgehead atoms. The maximum Gasteiger partial charge on any atom is 0.419 e. The molecule has 0 amide bonds. The molecule has 1 aromatic rings. The Hall–Kier alpha value is -1.30. The number of nitrogens with one attached hydrogen (secondary N) is 1. The molecule has 0 saturated carbocycles. The van der Waals surface area contributed by atoms with Crippen LogP contribution in [0.4, 0.5) is 23.2 Å². The van der Waals surface area contributed by atoms with E-state index in [9.17, 15) is 17.6 Å². The van der Waals surface area contributed by atoms with Crippen LogP contribution in [-0.4, -0.2) is 30.1 Å². The quantitative estimate of drug-likeness (QED) is 0.834. The van der Waals surface area contributed by atoms with E-state index in [1.807, 2.05) is 0 Å². The molecule has 3 rings (SSSR count). The van der Waals surface area contributed by atoms with Crippen LogP contribution >= 0.6 is 0 Å². The van der Waals surface area contributed by atoms with Gasteiger partial charge in [0.2, 0.25) is 0 Å². The Kier molecular flexibility index (Phi) is 3.82. The fraction of sp³-hybridized carbons (Fsp3) is 0.600. The highest BCUT2D eigenvalue weighted by molar-refractivity contribution is 5.48. The number of alkyl halides is 3. The molecule has 2 atom stereocenters. The molecule has 0 aromatic heterocycles. The maximum absolute atomic E-state index is 13.3. The fourth-order valence-electron chi connectivity index (χ4n) is 3.42. The van der Waals surface area contributed by atoms with E-state index in [1.165, 1.54) is 12.5 Å². The van der Waals surface area contributed by atoms with E-state index in [2.05, 4.69) is 10.2 Å². The lowest BCUT2D eigenvalue weighted by Crippen LogP contribution is -2.42. The van der Waals surface area contributed by atoms with Gasteiger partial charge < -0.3 is 10.2 Å². The van der Waals surface area contributed by atoms with Gasteiger partial charge >= 0.3 is 6.18 Å². The van der Waals surface area contributed by atoms with E-state index in [0.29, 0.717) is 11.7 Å². The van der Waals surface area contributed by atoms with Gasteiger partial charge in [-0.05, 0) is 50.4 Å². The predicted molar refractivity (Wildman–Crippen MR) is 72.6 cm³/mol. The lowest BCUT2D eigenvalue weighted by molar-refractivity contribution is -0.139. The van der Waals surface area contributed by atoms with E-state index in [1.54, 1.807) is 0 Å². The Morgan fingerprint density at radius 3 is 2.71 bits per heavy atom. The zero-order valence-corrected chi connectivity index (χ0v) is 11.6. The minimum absolute atomic E-state index is 0.163. The highest BCUT2D eigenvalue weighted by Crippen LogP contribution is 2.34. The molecule has 0 aliphatic carbocycles. The first kappa shape index (κ1) is 14.6. The van der Waals surface area contributed by atoms with Crippen LogP contribution in [0.1, 0.15) is 31.2 Å². The Morgan fingerprint density at radius 1 is 1.14 bits per heavy atom. The summed E-state index contributed by atoms with van der Waals surface area (Å²) in [5, 5.41) is 3.14. The number of nitrogens with zero attached hydrogens (tertiary/aromatic N) is 1. The van der Waals surface area contributed by atoms with Crippen molar-refractivity contribution < 1.29 is 17.6 Å². The highest BCUT2D eigenvalue weighted by Gasteiger charge is 2.35. The van der Waals surface area contributed by atoms with Crippen LogP contribution in [0, 0.1) is 5.82 Å². The number of rotatable bonds is 2. The second kappa shape index (κ2) is 5.48. The third-order valence-electron chi connectivity index (χ3n) is 4.46. The van der Waals surface area contributed by atoms with Crippen molar-refractivity contribution in [2.24, 2.45) is 0 Å². The summed E-state index contributed by atoms with van der Waals surface area (Å²) < 4.78 is 51.4. The molecule has 6 heteroatoms. The molecule has 1 N–H and O–H groups in total. The SMILES string of the molecule is Fc1ccc(NC2CCN3CCCC3C2)cc1C(F)(F)F. The molecule has 2 unspecified atom stereocenters. The van der Waals surface area contributed by atoms with Crippen molar-refractivity contribution in [3.05, 3.63) is 29.6 Å². The summed E-state index contributed by atoms with van der Waals surface area (Å²) in [4.78, 5) is 2.45. The van der Waals surface area contributed by atoms with Crippen molar-refractivity contribution in [1.82, 2.24) is 4.90 Å².